The Morgan fingerprint density at radius 2 is 2.40 bits per heavy atom. The van der Waals surface area contributed by atoms with Crippen LogP contribution in [0.4, 0.5) is 4.39 Å². The zero-order valence-corrected chi connectivity index (χ0v) is 5.67. The second kappa shape index (κ2) is 2.64. The normalized spacial score (nSPS) is 18.8. The van der Waals surface area contributed by atoms with Gasteiger partial charge in [-0.2, -0.15) is 0 Å². The molecule has 0 fully saturated rings. The number of amides is 1. The van der Waals surface area contributed by atoms with Gasteiger partial charge in [-0.25, -0.2) is 4.39 Å². The third-order valence-electron chi connectivity index (χ3n) is 1.30. The minimum absolute atomic E-state index is 0.122. The van der Waals surface area contributed by atoms with Gasteiger partial charge in [0.1, 0.15) is 5.83 Å². The maximum Gasteiger partial charge on any atom is 0.233 e. The van der Waals surface area contributed by atoms with Gasteiger partial charge < -0.3 is 4.90 Å². The molecule has 1 aliphatic heterocycles. The van der Waals surface area contributed by atoms with E-state index in [1.165, 1.54) is 23.3 Å². The first-order valence-corrected chi connectivity index (χ1v) is 2.98. The van der Waals surface area contributed by atoms with Crippen LogP contribution in [-0.4, -0.2) is 17.9 Å². The fourth-order valence-corrected chi connectivity index (χ4v) is 0.688. The van der Waals surface area contributed by atoms with E-state index >= 15 is 0 Å². The fraction of sp³-hybridized carbons (Fsp3) is 0.286. The Morgan fingerprint density at radius 3 is 3.10 bits per heavy atom. The number of allylic oxidation sites excluding steroid dienone is 2. The van der Waals surface area contributed by atoms with Crippen molar-refractivity contribution in [1.29, 1.82) is 0 Å². The highest BCUT2D eigenvalue weighted by Crippen LogP contribution is 2.09. The Labute approximate surface area is 58.6 Å². The lowest BCUT2D eigenvalue weighted by molar-refractivity contribution is -0.127. The molecule has 0 spiro atoms. The average Bonchev–Trinajstić information content (AvgIpc) is 1.96. The van der Waals surface area contributed by atoms with Crippen molar-refractivity contribution in [2.45, 2.75) is 6.42 Å². The van der Waals surface area contributed by atoms with Crippen molar-refractivity contribution in [2.75, 3.05) is 7.05 Å². The van der Waals surface area contributed by atoms with Crippen molar-refractivity contribution in [3.05, 3.63) is 24.2 Å². The molecule has 10 heavy (non-hydrogen) atoms. The summed E-state index contributed by atoms with van der Waals surface area (Å²) in [5, 5.41) is 0. The second-order valence-corrected chi connectivity index (χ2v) is 2.14. The van der Waals surface area contributed by atoms with Crippen molar-refractivity contribution in [1.82, 2.24) is 4.90 Å². The summed E-state index contributed by atoms with van der Waals surface area (Å²) in [6, 6.07) is 0. The highest BCUT2D eigenvalue weighted by Gasteiger charge is 2.10. The molecule has 0 radical (unpaired) electrons. The first kappa shape index (κ1) is 6.99. The number of hydrogen-bond donors (Lipinski definition) is 0. The molecule has 2 nitrogen and oxygen atoms in total. The van der Waals surface area contributed by atoms with Gasteiger partial charge in [-0.1, -0.05) is 0 Å². The molecule has 0 aliphatic carbocycles. The van der Waals surface area contributed by atoms with E-state index in [1.807, 2.05) is 0 Å². The topological polar surface area (TPSA) is 20.3 Å². The van der Waals surface area contributed by atoms with E-state index in [0.29, 0.717) is 0 Å². The third kappa shape index (κ3) is 1.43. The third-order valence-corrected chi connectivity index (χ3v) is 1.30. The van der Waals surface area contributed by atoms with Crippen molar-refractivity contribution in [2.24, 2.45) is 0 Å². The summed E-state index contributed by atoms with van der Waals surface area (Å²) in [7, 11) is 1.60. The summed E-state index contributed by atoms with van der Waals surface area (Å²) in [6.45, 7) is 0. The SMILES string of the molecule is CN1C=CC=C(F)CC1=O. The van der Waals surface area contributed by atoms with E-state index < -0.39 is 0 Å². The van der Waals surface area contributed by atoms with E-state index in [4.69, 9.17) is 0 Å². The standard InChI is InChI=1S/C7H8FNO/c1-9-4-2-3-6(8)5-7(9)10/h2-4H,5H2,1H3. The van der Waals surface area contributed by atoms with Crippen LogP contribution < -0.4 is 0 Å². The van der Waals surface area contributed by atoms with E-state index in [9.17, 15) is 9.18 Å². The molecule has 3 heteroatoms. The van der Waals surface area contributed by atoms with Gasteiger partial charge in [-0.15, -0.1) is 0 Å². The predicted octanol–water partition coefficient (Wildman–Crippen LogP) is 1.22. The molecular weight excluding hydrogens is 133 g/mol. The van der Waals surface area contributed by atoms with Gasteiger partial charge in [0.05, 0.1) is 6.42 Å². The Hall–Kier alpha value is -1.12. The van der Waals surface area contributed by atoms with Crippen LogP contribution >= 0.6 is 0 Å². The number of hydrogen-bond acceptors (Lipinski definition) is 1. The van der Waals surface area contributed by atoms with Crippen LogP contribution in [0, 0.1) is 0 Å². The first-order chi connectivity index (χ1) is 4.70. The van der Waals surface area contributed by atoms with Crippen molar-refractivity contribution >= 4 is 5.91 Å². The minimum atomic E-state index is -0.384. The molecule has 0 N–H and O–H groups in total. The van der Waals surface area contributed by atoms with Gasteiger partial charge in [-0.3, -0.25) is 4.79 Å². The first-order valence-electron chi connectivity index (χ1n) is 2.98. The molecule has 1 rings (SSSR count). The Balaban J connectivity index is 2.76. The molecule has 0 atom stereocenters. The van der Waals surface area contributed by atoms with E-state index in [0.717, 1.165) is 0 Å². The van der Waals surface area contributed by atoms with Gasteiger partial charge in [0, 0.05) is 13.2 Å². The lowest BCUT2D eigenvalue weighted by atomic mass is 10.3. The Morgan fingerprint density at radius 1 is 1.70 bits per heavy atom. The summed E-state index contributed by atoms with van der Waals surface area (Å²) >= 11 is 0. The van der Waals surface area contributed by atoms with Gasteiger partial charge in [-0.05, 0) is 12.2 Å². The molecule has 0 aromatic heterocycles. The number of carbonyl (C=O) groups is 1. The molecule has 54 valence electrons. The number of carbonyl (C=O) groups excluding carboxylic acids is 1. The lowest BCUT2D eigenvalue weighted by Gasteiger charge is -2.07. The molecule has 1 amide bonds. The number of nitrogens with zero attached hydrogens (tertiary/aromatic N) is 1. The Bertz CT molecular complexity index is 208. The number of rotatable bonds is 0. The maximum absolute atomic E-state index is 12.4. The van der Waals surface area contributed by atoms with Gasteiger partial charge in [0.2, 0.25) is 5.91 Å². The maximum atomic E-state index is 12.4. The van der Waals surface area contributed by atoms with Crippen LogP contribution in [0.15, 0.2) is 24.2 Å². The zero-order chi connectivity index (χ0) is 7.56. The number of halogens is 1. The van der Waals surface area contributed by atoms with E-state index in [2.05, 4.69) is 0 Å². The average molecular weight is 141 g/mol. The lowest BCUT2D eigenvalue weighted by Crippen LogP contribution is -2.19. The summed E-state index contributed by atoms with van der Waals surface area (Å²) in [5.74, 6) is -0.604. The largest absolute Gasteiger partial charge is 0.322 e. The van der Waals surface area contributed by atoms with E-state index in [-0.39, 0.29) is 18.2 Å². The fourth-order valence-electron chi connectivity index (χ4n) is 0.688. The highest BCUT2D eigenvalue weighted by atomic mass is 19.1. The van der Waals surface area contributed by atoms with Crippen molar-refractivity contribution in [3.63, 3.8) is 0 Å². The molecule has 0 saturated carbocycles. The second-order valence-electron chi connectivity index (χ2n) is 2.14. The van der Waals surface area contributed by atoms with Crippen molar-refractivity contribution < 1.29 is 9.18 Å². The van der Waals surface area contributed by atoms with E-state index in [1.54, 1.807) is 7.05 Å². The van der Waals surface area contributed by atoms with Crippen LogP contribution in [0.3, 0.4) is 0 Å². The van der Waals surface area contributed by atoms with Gasteiger partial charge >= 0.3 is 0 Å². The molecular formula is C7H8FNO. The molecule has 0 aromatic rings. The van der Waals surface area contributed by atoms with Gasteiger partial charge in [0.25, 0.3) is 0 Å². The summed E-state index contributed by atoms with van der Waals surface area (Å²) in [4.78, 5) is 12.2. The van der Waals surface area contributed by atoms with Crippen LogP contribution in [0.25, 0.3) is 0 Å². The quantitative estimate of drug-likeness (QED) is 0.496. The van der Waals surface area contributed by atoms with Crippen LogP contribution in [-0.2, 0) is 4.79 Å². The Kier molecular flexibility index (Phi) is 1.85. The highest BCUT2D eigenvalue weighted by molar-refractivity contribution is 5.79. The summed E-state index contributed by atoms with van der Waals surface area (Å²) in [5.41, 5.74) is 0. The minimum Gasteiger partial charge on any atom is -0.322 e. The van der Waals surface area contributed by atoms with Crippen LogP contribution in [0.2, 0.25) is 0 Å². The van der Waals surface area contributed by atoms with Crippen LogP contribution in [0.1, 0.15) is 6.42 Å². The van der Waals surface area contributed by atoms with Gasteiger partial charge in [0.15, 0.2) is 0 Å². The summed E-state index contributed by atoms with van der Waals surface area (Å²) in [6.07, 6.45) is 4.22. The smallest absolute Gasteiger partial charge is 0.233 e. The molecule has 1 heterocycles. The molecule has 0 bridgehead atoms. The molecule has 0 aromatic carbocycles. The molecule has 1 aliphatic rings. The van der Waals surface area contributed by atoms with Crippen molar-refractivity contribution in [3.8, 4) is 0 Å². The summed E-state index contributed by atoms with van der Waals surface area (Å²) < 4.78 is 12.4. The molecule has 0 unspecified atom stereocenters. The monoisotopic (exact) mass is 141 g/mol. The zero-order valence-electron chi connectivity index (χ0n) is 5.67. The predicted molar refractivity (Wildman–Crippen MR) is 35.7 cm³/mol. The molecule has 0 saturated heterocycles. The van der Waals surface area contributed by atoms with Crippen LogP contribution in [0.5, 0.6) is 0 Å².